The summed E-state index contributed by atoms with van der Waals surface area (Å²) in [6.07, 6.45) is 3.22. The minimum atomic E-state index is -0.907. The molecule has 1 aromatic carbocycles. The van der Waals surface area contributed by atoms with Crippen molar-refractivity contribution in [2.24, 2.45) is 17.8 Å². The number of carbonyl (C=O) groups excluding carboxylic acids is 2. The number of aliphatic hydroxyl groups is 1. The monoisotopic (exact) mass is 412 g/mol. The number of hydrogen-bond donors (Lipinski definition) is 1. The van der Waals surface area contributed by atoms with Gasteiger partial charge in [-0.3, -0.25) is 4.79 Å². The molecule has 1 heterocycles. The van der Waals surface area contributed by atoms with Gasteiger partial charge in [-0.05, 0) is 68.4 Å². The van der Waals surface area contributed by atoms with Crippen LogP contribution in [-0.4, -0.2) is 34.9 Å². The summed E-state index contributed by atoms with van der Waals surface area (Å²) in [5.74, 6) is -0.798. The molecule has 6 atom stereocenters. The zero-order valence-electron chi connectivity index (χ0n) is 18.3. The quantitative estimate of drug-likeness (QED) is 0.592. The molecule has 1 unspecified atom stereocenters. The van der Waals surface area contributed by atoms with E-state index in [4.69, 9.17) is 9.47 Å². The van der Waals surface area contributed by atoms with E-state index in [-0.39, 0.29) is 35.8 Å². The van der Waals surface area contributed by atoms with Gasteiger partial charge in [0.1, 0.15) is 12.2 Å². The maximum absolute atomic E-state index is 12.8. The number of rotatable bonds is 4. The highest BCUT2D eigenvalue weighted by molar-refractivity contribution is 5.89. The first-order chi connectivity index (χ1) is 14.2. The maximum Gasteiger partial charge on any atom is 0.338 e. The number of aryl methyl sites for hydroxylation is 1. The van der Waals surface area contributed by atoms with Crippen LogP contribution in [0.1, 0.15) is 69.3 Å². The van der Waals surface area contributed by atoms with Crippen molar-refractivity contribution in [1.82, 2.24) is 0 Å². The number of fused-ring (bicyclic) bond motifs is 3. The van der Waals surface area contributed by atoms with Gasteiger partial charge in [-0.1, -0.05) is 32.4 Å². The largest absolute Gasteiger partial charge is 0.457 e. The van der Waals surface area contributed by atoms with E-state index >= 15 is 0 Å². The van der Waals surface area contributed by atoms with Crippen LogP contribution in [0.2, 0.25) is 0 Å². The van der Waals surface area contributed by atoms with Crippen molar-refractivity contribution in [3.63, 3.8) is 0 Å². The Morgan fingerprint density at radius 3 is 2.67 bits per heavy atom. The Kier molecular flexibility index (Phi) is 5.52. The lowest BCUT2D eigenvalue weighted by atomic mass is 9.81. The average molecular weight is 413 g/mol. The van der Waals surface area contributed by atoms with Gasteiger partial charge in [0.25, 0.3) is 0 Å². The molecule has 0 amide bonds. The minimum Gasteiger partial charge on any atom is -0.457 e. The Morgan fingerprint density at radius 2 is 2.00 bits per heavy atom. The molecule has 5 heteroatoms. The van der Waals surface area contributed by atoms with Gasteiger partial charge in [0.15, 0.2) is 0 Å². The molecule has 1 saturated carbocycles. The van der Waals surface area contributed by atoms with Gasteiger partial charge in [-0.2, -0.15) is 0 Å². The van der Waals surface area contributed by atoms with Crippen LogP contribution in [0.25, 0.3) is 0 Å². The number of esters is 2. The number of carbonyl (C=O) groups is 2. The first kappa shape index (κ1) is 21.1. The highest BCUT2D eigenvalue weighted by Gasteiger charge is 2.55. The van der Waals surface area contributed by atoms with Crippen molar-refractivity contribution in [2.45, 2.75) is 77.6 Å². The summed E-state index contributed by atoms with van der Waals surface area (Å²) in [4.78, 5) is 25.0. The number of ether oxygens (including phenoxy) is 2. The minimum absolute atomic E-state index is 0.0690. The molecule has 0 bridgehead atoms. The second kappa shape index (κ2) is 7.84. The lowest BCUT2D eigenvalue weighted by Gasteiger charge is -2.31. The van der Waals surface area contributed by atoms with Crippen molar-refractivity contribution in [2.75, 3.05) is 0 Å². The topological polar surface area (TPSA) is 72.8 Å². The second-order valence-corrected chi connectivity index (χ2v) is 9.47. The van der Waals surface area contributed by atoms with Crippen LogP contribution in [0.4, 0.5) is 0 Å². The van der Waals surface area contributed by atoms with Crippen LogP contribution >= 0.6 is 0 Å². The van der Waals surface area contributed by atoms with E-state index in [1.165, 1.54) is 5.56 Å². The molecular formula is C25H32O5. The highest BCUT2D eigenvalue weighted by Crippen LogP contribution is 2.52. The van der Waals surface area contributed by atoms with Crippen LogP contribution < -0.4 is 0 Å². The average Bonchev–Trinajstić information content (AvgIpc) is 3.14. The molecular weight excluding hydrogens is 380 g/mol. The lowest BCUT2D eigenvalue weighted by Crippen LogP contribution is -2.35. The van der Waals surface area contributed by atoms with E-state index in [9.17, 15) is 14.7 Å². The summed E-state index contributed by atoms with van der Waals surface area (Å²) < 4.78 is 11.7. The molecule has 3 aliphatic rings. The van der Waals surface area contributed by atoms with E-state index < -0.39 is 11.7 Å². The third kappa shape index (κ3) is 3.58. The third-order valence-electron chi connectivity index (χ3n) is 7.43. The van der Waals surface area contributed by atoms with Crippen LogP contribution in [-0.2, 0) is 20.7 Å². The lowest BCUT2D eigenvalue weighted by molar-refractivity contribution is -0.143. The molecule has 1 aromatic rings. The summed E-state index contributed by atoms with van der Waals surface area (Å²) in [6.45, 7) is 7.84. The molecule has 1 N–H and O–H groups in total. The fraction of sp³-hybridized carbons (Fsp3) is 0.600. The molecule has 2 fully saturated rings. The van der Waals surface area contributed by atoms with Crippen LogP contribution in [0, 0.1) is 17.8 Å². The normalized spacial score (nSPS) is 35.5. The molecule has 0 aromatic heterocycles. The molecule has 1 saturated heterocycles. The van der Waals surface area contributed by atoms with E-state index in [0.717, 1.165) is 30.4 Å². The van der Waals surface area contributed by atoms with Gasteiger partial charge in [0, 0.05) is 11.8 Å². The summed E-state index contributed by atoms with van der Waals surface area (Å²) in [7, 11) is 0. The van der Waals surface area contributed by atoms with Gasteiger partial charge in [0.2, 0.25) is 0 Å². The van der Waals surface area contributed by atoms with E-state index in [1.54, 1.807) is 0 Å². The Bertz CT molecular complexity index is 866. The van der Waals surface area contributed by atoms with Gasteiger partial charge in [0.05, 0.1) is 17.1 Å². The first-order valence-corrected chi connectivity index (χ1v) is 11.2. The predicted molar refractivity (Wildman–Crippen MR) is 113 cm³/mol. The molecule has 4 rings (SSSR count). The van der Waals surface area contributed by atoms with E-state index in [2.05, 4.69) is 6.92 Å². The fourth-order valence-corrected chi connectivity index (χ4v) is 5.51. The van der Waals surface area contributed by atoms with E-state index in [1.807, 2.05) is 45.0 Å². The van der Waals surface area contributed by atoms with Crippen molar-refractivity contribution >= 4 is 11.9 Å². The Hall–Kier alpha value is -2.14. The van der Waals surface area contributed by atoms with Crippen molar-refractivity contribution in [3.8, 4) is 0 Å². The SMILES string of the molecule is CCCc1ccc(C(=O)O[C@H]2CC3C(=C2C)[C@H]2OC(=O)[C@@H](C)[C@@H]2CC[C@@]3(C)O)cc1. The summed E-state index contributed by atoms with van der Waals surface area (Å²) in [6, 6.07) is 7.57. The fourth-order valence-electron chi connectivity index (χ4n) is 5.51. The number of benzene rings is 1. The maximum atomic E-state index is 12.8. The molecule has 1 aliphatic heterocycles. The summed E-state index contributed by atoms with van der Waals surface area (Å²) in [5.41, 5.74) is 2.72. The zero-order chi connectivity index (χ0) is 21.6. The number of hydrogen-bond acceptors (Lipinski definition) is 5. The summed E-state index contributed by atoms with van der Waals surface area (Å²) >= 11 is 0. The predicted octanol–water partition coefficient (Wildman–Crippen LogP) is 4.22. The van der Waals surface area contributed by atoms with Crippen molar-refractivity contribution in [3.05, 3.63) is 46.5 Å². The Morgan fingerprint density at radius 1 is 1.30 bits per heavy atom. The zero-order valence-corrected chi connectivity index (χ0v) is 18.3. The Labute approximate surface area is 178 Å². The van der Waals surface area contributed by atoms with Crippen molar-refractivity contribution in [1.29, 1.82) is 0 Å². The molecule has 0 radical (unpaired) electrons. The third-order valence-corrected chi connectivity index (χ3v) is 7.43. The second-order valence-electron chi connectivity index (χ2n) is 9.47. The van der Waals surface area contributed by atoms with Crippen LogP contribution in [0.15, 0.2) is 35.4 Å². The van der Waals surface area contributed by atoms with Crippen LogP contribution in [0.5, 0.6) is 0 Å². The van der Waals surface area contributed by atoms with Gasteiger partial charge >= 0.3 is 11.9 Å². The molecule has 30 heavy (non-hydrogen) atoms. The van der Waals surface area contributed by atoms with Crippen LogP contribution in [0.3, 0.4) is 0 Å². The van der Waals surface area contributed by atoms with Crippen molar-refractivity contribution < 1.29 is 24.2 Å². The smallest absolute Gasteiger partial charge is 0.338 e. The van der Waals surface area contributed by atoms with Gasteiger partial charge in [-0.15, -0.1) is 0 Å². The standard InChI is InChI=1S/C25H32O5/c1-5-6-16-7-9-17(10-8-16)24(27)29-20-13-19-21(15(20)3)22-18(11-12-25(19,4)28)14(2)23(26)30-22/h7-10,14,18-20,22,28H,5-6,11-13H2,1-4H3/t14-,18-,19?,20-,22-,25+/m0/s1. The molecule has 2 aliphatic carbocycles. The van der Waals surface area contributed by atoms with Gasteiger partial charge in [-0.25, -0.2) is 4.79 Å². The Balaban J connectivity index is 1.58. The summed E-state index contributed by atoms with van der Waals surface area (Å²) in [5, 5.41) is 11.2. The van der Waals surface area contributed by atoms with Gasteiger partial charge < -0.3 is 14.6 Å². The molecule has 0 spiro atoms. The molecule has 162 valence electrons. The first-order valence-electron chi connectivity index (χ1n) is 11.2. The molecule has 5 nitrogen and oxygen atoms in total. The highest BCUT2D eigenvalue weighted by atomic mass is 16.6. The van der Waals surface area contributed by atoms with E-state index in [0.29, 0.717) is 18.4 Å².